The molecule has 5 heteroatoms. The van der Waals surface area contributed by atoms with Crippen molar-refractivity contribution in [2.45, 2.75) is 32.9 Å². The first-order valence-electron chi connectivity index (χ1n) is 8.89. The number of nitrogens with two attached hydrogens (primary N) is 1. The molecule has 132 valence electrons. The predicted molar refractivity (Wildman–Crippen MR) is 94.8 cm³/mol. The number of morpholine rings is 1. The monoisotopic (exact) mass is 331 g/mol. The second-order valence-corrected chi connectivity index (χ2v) is 7.70. The number of hydrogen-bond acceptors (Lipinski definition) is 4. The van der Waals surface area contributed by atoms with E-state index in [4.69, 9.17) is 10.5 Å². The molecular weight excluding hydrogens is 302 g/mol. The van der Waals surface area contributed by atoms with Gasteiger partial charge in [0.25, 0.3) is 5.91 Å². The van der Waals surface area contributed by atoms with Crippen LogP contribution in [0.1, 0.15) is 36.2 Å². The summed E-state index contributed by atoms with van der Waals surface area (Å²) in [6.07, 6.45) is 0.867. The zero-order valence-corrected chi connectivity index (χ0v) is 14.8. The van der Waals surface area contributed by atoms with Gasteiger partial charge in [-0.3, -0.25) is 9.69 Å². The van der Waals surface area contributed by atoms with Gasteiger partial charge >= 0.3 is 0 Å². The van der Waals surface area contributed by atoms with E-state index in [0.29, 0.717) is 0 Å². The fraction of sp³-hybridized carbons (Fsp3) is 0.632. The maximum absolute atomic E-state index is 12.9. The van der Waals surface area contributed by atoms with Gasteiger partial charge in [0.1, 0.15) is 0 Å². The standard InChI is InChI=1S/C19H29N3O2/c1-19(2)14-22(7-6-17(19)20)18(23)16-5-3-4-15(12-16)13-21-8-10-24-11-9-21/h3-5,12,17H,6-11,13-14,20H2,1-2H3. The van der Waals surface area contributed by atoms with Crippen molar-refractivity contribution in [1.29, 1.82) is 0 Å². The summed E-state index contributed by atoms with van der Waals surface area (Å²) in [7, 11) is 0. The molecule has 1 aromatic carbocycles. The Hall–Kier alpha value is -1.43. The van der Waals surface area contributed by atoms with Gasteiger partial charge in [-0.2, -0.15) is 0 Å². The summed E-state index contributed by atoms with van der Waals surface area (Å²) in [6.45, 7) is 10.1. The smallest absolute Gasteiger partial charge is 0.253 e. The molecular formula is C19H29N3O2. The number of piperidine rings is 1. The van der Waals surface area contributed by atoms with Gasteiger partial charge in [-0.05, 0) is 29.5 Å². The average molecular weight is 331 g/mol. The van der Waals surface area contributed by atoms with E-state index in [1.807, 2.05) is 23.1 Å². The van der Waals surface area contributed by atoms with Crippen LogP contribution in [0.2, 0.25) is 0 Å². The fourth-order valence-electron chi connectivity index (χ4n) is 3.55. The Morgan fingerprint density at radius 2 is 2.04 bits per heavy atom. The quantitative estimate of drug-likeness (QED) is 0.916. The minimum absolute atomic E-state index is 0.0285. The van der Waals surface area contributed by atoms with Crippen molar-refractivity contribution in [1.82, 2.24) is 9.80 Å². The van der Waals surface area contributed by atoms with Gasteiger partial charge in [-0.15, -0.1) is 0 Å². The number of rotatable bonds is 3. The van der Waals surface area contributed by atoms with E-state index in [2.05, 4.69) is 24.8 Å². The van der Waals surface area contributed by atoms with E-state index in [1.165, 1.54) is 5.56 Å². The van der Waals surface area contributed by atoms with Crippen LogP contribution in [0.3, 0.4) is 0 Å². The van der Waals surface area contributed by atoms with E-state index >= 15 is 0 Å². The first-order valence-corrected chi connectivity index (χ1v) is 8.89. The fourth-order valence-corrected chi connectivity index (χ4v) is 3.55. The Bertz CT molecular complexity index is 582. The zero-order valence-electron chi connectivity index (χ0n) is 14.8. The molecule has 1 amide bonds. The highest BCUT2D eigenvalue weighted by Gasteiger charge is 2.35. The van der Waals surface area contributed by atoms with E-state index in [9.17, 15) is 4.79 Å². The normalized spacial score (nSPS) is 24.8. The van der Waals surface area contributed by atoms with E-state index in [0.717, 1.165) is 57.9 Å². The minimum atomic E-state index is -0.0285. The van der Waals surface area contributed by atoms with Crippen LogP contribution in [0.4, 0.5) is 0 Å². The van der Waals surface area contributed by atoms with Crippen molar-refractivity contribution >= 4 is 5.91 Å². The van der Waals surface area contributed by atoms with Gasteiger partial charge in [0.2, 0.25) is 0 Å². The van der Waals surface area contributed by atoms with E-state index in [1.54, 1.807) is 0 Å². The number of carbonyl (C=O) groups is 1. The first-order chi connectivity index (χ1) is 11.5. The van der Waals surface area contributed by atoms with Crippen molar-refractivity contribution in [2.24, 2.45) is 11.1 Å². The highest BCUT2D eigenvalue weighted by atomic mass is 16.5. The molecule has 1 unspecified atom stereocenters. The van der Waals surface area contributed by atoms with Crippen molar-refractivity contribution in [3.63, 3.8) is 0 Å². The largest absolute Gasteiger partial charge is 0.379 e. The van der Waals surface area contributed by atoms with Gasteiger partial charge in [-0.25, -0.2) is 0 Å². The lowest BCUT2D eigenvalue weighted by atomic mass is 9.79. The van der Waals surface area contributed by atoms with Gasteiger partial charge < -0.3 is 15.4 Å². The second-order valence-electron chi connectivity index (χ2n) is 7.70. The van der Waals surface area contributed by atoms with Crippen LogP contribution in [0.25, 0.3) is 0 Å². The average Bonchev–Trinajstić information content (AvgIpc) is 2.58. The molecule has 2 aliphatic heterocycles. The summed E-state index contributed by atoms with van der Waals surface area (Å²) in [5.41, 5.74) is 8.13. The molecule has 2 saturated heterocycles. The number of benzene rings is 1. The topological polar surface area (TPSA) is 58.8 Å². The van der Waals surface area contributed by atoms with Crippen LogP contribution in [0, 0.1) is 5.41 Å². The molecule has 0 spiro atoms. The number of carbonyl (C=O) groups excluding carboxylic acids is 1. The van der Waals surface area contributed by atoms with Crippen LogP contribution in [-0.4, -0.2) is 61.1 Å². The highest BCUT2D eigenvalue weighted by molar-refractivity contribution is 5.94. The third-order valence-corrected chi connectivity index (χ3v) is 5.28. The van der Waals surface area contributed by atoms with Crippen molar-refractivity contribution < 1.29 is 9.53 Å². The summed E-state index contributed by atoms with van der Waals surface area (Å²) in [6, 6.07) is 8.22. The molecule has 5 nitrogen and oxygen atoms in total. The predicted octanol–water partition coefficient (Wildman–Crippen LogP) is 1.72. The maximum Gasteiger partial charge on any atom is 0.253 e. The van der Waals surface area contributed by atoms with Crippen LogP contribution in [0.5, 0.6) is 0 Å². The van der Waals surface area contributed by atoms with Crippen LogP contribution in [0.15, 0.2) is 24.3 Å². The van der Waals surface area contributed by atoms with Crippen molar-refractivity contribution in [3.05, 3.63) is 35.4 Å². The molecule has 2 aliphatic rings. The van der Waals surface area contributed by atoms with E-state index < -0.39 is 0 Å². The second kappa shape index (κ2) is 7.21. The SMILES string of the molecule is CC1(C)CN(C(=O)c2cccc(CN3CCOCC3)c2)CCC1N. The van der Waals surface area contributed by atoms with Gasteiger partial charge in [-0.1, -0.05) is 26.0 Å². The molecule has 1 aromatic rings. The number of hydrogen-bond donors (Lipinski definition) is 1. The summed E-state index contributed by atoms with van der Waals surface area (Å²) in [4.78, 5) is 17.2. The minimum Gasteiger partial charge on any atom is -0.379 e. The molecule has 0 aliphatic carbocycles. The van der Waals surface area contributed by atoms with Crippen molar-refractivity contribution in [2.75, 3.05) is 39.4 Å². The molecule has 0 saturated carbocycles. The summed E-state index contributed by atoms with van der Waals surface area (Å²) in [5.74, 6) is 0.124. The van der Waals surface area contributed by atoms with Gasteiger partial charge in [0.05, 0.1) is 13.2 Å². The third kappa shape index (κ3) is 3.97. The highest BCUT2D eigenvalue weighted by Crippen LogP contribution is 2.28. The van der Waals surface area contributed by atoms with Crippen molar-refractivity contribution in [3.8, 4) is 0 Å². The van der Waals surface area contributed by atoms with Crippen LogP contribution < -0.4 is 5.73 Å². The lowest BCUT2D eigenvalue weighted by Gasteiger charge is -2.42. The van der Waals surface area contributed by atoms with Crippen LogP contribution in [-0.2, 0) is 11.3 Å². The number of ether oxygens (including phenoxy) is 1. The third-order valence-electron chi connectivity index (χ3n) is 5.28. The first kappa shape index (κ1) is 17.4. The molecule has 3 rings (SSSR count). The molecule has 2 N–H and O–H groups in total. The summed E-state index contributed by atoms with van der Waals surface area (Å²) in [5, 5.41) is 0. The Labute approximate surface area is 144 Å². The Balaban J connectivity index is 1.68. The summed E-state index contributed by atoms with van der Waals surface area (Å²) >= 11 is 0. The lowest BCUT2D eigenvalue weighted by molar-refractivity contribution is 0.0341. The molecule has 0 aromatic heterocycles. The van der Waals surface area contributed by atoms with Gasteiger partial charge in [0.15, 0.2) is 0 Å². The Morgan fingerprint density at radius 1 is 1.29 bits per heavy atom. The number of nitrogens with zero attached hydrogens (tertiary/aromatic N) is 2. The van der Waals surface area contributed by atoms with Gasteiger partial charge in [0, 0.05) is 44.3 Å². The Kier molecular flexibility index (Phi) is 5.23. The maximum atomic E-state index is 12.9. The molecule has 24 heavy (non-hydrogen) atoms. The number of amides is 1. The molecule has 2 heterocycles. The summed E-state index contributed by atoms with van der Waals surface area (Å²) < 4.78 is 5.39. The van der Waals surface area contributed by atoms with E-state index in [-0.39, 0.29) is 17.4 Å². The zero-order chi connectivity index (χ0) is 17.2. The molecule has 2 fully saturated rings. The van der Waals surface area contributed by atoms with Crippen LogP contribution >= 0.6 is 0 Å². The molecule has 0 radical (unpaired) electrons. The lowest BCUT2D eigenvalue weighted by Crippen LogP contribution is -2.54. The Morgan fingerprint density at radius 3 is 2.75 bits per heavy atom. The number of likely N-dealkylation sites (tertiary alicyclic amines) is 1. The molecule has 0 bridgehead atoms. The molecule has 1 atom stereocenters.